The second-order valence-corrected chi connectivity index (χ2v) is 8.35. The molecule has 0 bridgehead atoms. The maximum absolute atomic E-state index is 2.37. The maximum atomic E-state index is 2.37. The number of hydrogen-bond donors (Lipinski definition) is 0. The molecular weight excluding hydrogens is 376 g/mol. The minimum Gasteiger partial charge on any atom is -0.317 e. The van der Waals surface area contributed by atoms with Crippen molar-refractivity contribution < 1.29 is 0 Å². The number of nitrogens with zero attached hydrogens (tertiary/aromatic N) is 2. The molecule has 6 aromatic rings. The Morgan fingerprint density at radius 2 is 0.968 bits per heavy atom. The lowest BCUT2D eigenvalue weighted by Gasteiger charge is -2.09. The normalized spacial score (nSPS) is 12.4. The molecule has 0 saturated carbocycles. The SMILES string of the molecule is c1cc(-c2ccc3c(c2)Cc2cc(-c4cccc5cccn45)ccc2-3)n2cccc2c1. The highest BCUT2D eigenvalue weighted by Gasteiger charge is 2.20. The zero-order chi connectivity index (χ0) is 20.4. The fraction of sp³-hybridized carbons (Fsp3) is 0.0345. The summed E-state index contributed by atoms with van der Waals surface area (Å²) < 4.78 is 4.53. The van der Waals surface area contributed by atoms with E-state index in [4.69, 9.17) is 0 Å². The van der Waals surface area contributed by atoms with E-state index in [0.29, 0.717) is 0 Å². The van der Waals surface area contributed by atoms with Gasteiger partial charge in [-0.05, 0) is 100 Å². The lowest BCUT2D eigenvalue weighted by Crippen LogP contribution is -1.91. The number of benzene rings is 2. The van der Waals surface area contributed by atoms with Crippen LogP contribution in [0.5, 0.6) is 0 Å². The van der Waals surface area contributed by atoms with E-state index in [9.17, 15) is 0 Å². The highest BCUT2D eigenvalue weighted by atomic mass is 14.9. The molecule has 0 N–H and O–H groups in total. The van der Waals surface area contributed by atoms with Gasteiger partial charge in [-0.15, -0.1) is 0 Å². The summed E-state index contributed by atoms with van der Waals surface area (Å²) in [5, 5.41) is 0. The summed E-state index contributed by atoms with van der Waals surface area (Å²) in [4.78, 5) is 0. The van der Waals surface area contributed by atoms with E-state index in [-0.39, 0.29) is 0 Å². The lowest BCUT2D eigenvalue weighted by atomic mass is 10.0. The third kappa shape index (κ3) is 2.45. The van der Waals surface area contributed by atoms with Crippen molar-refractivity contribution >= 4 is 11.0 Å². The quantitative estimate of drug-likeness (QED) is 0.295. The number of hydrogen-bond acceptors (Lipinski definition) is 0. The molecule has 0 saturated heterocycles. The topological polar surface area (TPSA) is 8.82 Å². The highest BCUT2D eigenvalue weighted by Crippen LogP contribution is 2.40. The molecule has 0 fully saturated rings. The van der Waals surface area contributed by atoms with Gasteiger partial charge in [-0.1, -0.05) is 36.4 Å². The summed E-state index contributed by atoms with van der Waals surface area (Å²) in [5.41, 5.74) is 13.0. The fourth-order valence-corrected chi connectivity index (χ4v) is 5.13. The van der Waals surface area contributed by atoms with Gasteiger partial charge in [0.05, 0.1) is 11.4 Å². The van der Waals surface area contributed by atoms with Gasteiger partial charge in [0.25, 0.3) is 0 Å². The van der Waals surface area contributed by atoms with Gasteiger partial charge < -0.3 is 8.80 Å². The number of fused-ring (bicyclic) bond motifs is 5. The van der Waals surface area contributed by atoms with E-state index in [0.717, 1.165) is 6.42 Å². The third-order valence-corrected chi connectivity index (χ3v) is 6.59. The molecule has 2 heteroatoms. The Morgan fingerprint density at radius 3 is 1.48 bits per heavy atom. The predicted molar refractivity (Wildman–Crippen MR) is 127 cm³/mol. The first-order chi connectivity index (χ1) is 15.3. The van der Waals surface area contributed by atoms with E-state index in [1.165, 1.54) is 55.8 Å². The summed E-state index contributed by atoms with van der Waals surface area (Å²) >= 11 is 0. The van der Waals surface area contributed by atoms with Crippen LogP contribution in [-0.4, -0.2) is 8.80 Å². The van der Waals surface area contributed by atoms with Crippen LogP contribution < -0.4 is 0 Å². The van der Waals surface area contributed by atoms with Crippen molar-refractivity contribution in [3.05, 3.63) is 121 Å². The average molecular weight is 396 g/mol. The minimum atomic E-state index is 0.982. The van der Waals surface area contributed by atoms with Crippen molar-refractivity contribution in [1.82, 2.24) is 8.80 Å². The predicted octanol–water partition coefficient (Wildman–Crippen LogP) is 7.10. The molecule has 0 amide bonds. The van der Waals surface area contributed by atoms with Crippen LogP contribution in [0.3, 0.4) is 0 Å². The van der Waals surface area contributed by atoms with Crippen LogP contribution >= 0.6 is 0 Å². The van der Waals surface area contributed by atoms with Crippen LogP contribution in [0.4, 0.5) is 0 Å². The van der Waals surface area contributed by atoms with Crippen molar-refractivity contribution in [3.63, 3.8) is 0 Å². The van der Waals surface area contributed by atoms with Gasteiger partial charge in [-0.3, -0.25) is 0 Å². The molecule has 2 aromatic carbocycles. The lowest BCUT2D eigenvalue weighted by molar-refractivity contribution is 1.19. The Balaban J connectivity index is 1.32. The molecule has 4 heterocycles. The minimum absolute atomic E-state index is 0.982. The van der Waals surface area contributed by atoms with Crippen LogP contribution in [0.2, 0.25) is 0 Å². The zero-order valence-corrected chi connectivity index (χ0v) is 17.0. The molecular formula is C29H20N2. The van der Waals surface area contributed by atoms with Gasteiger partial charge in [0.2, 0.25) is 0 Å². The zero-order valence-electron chi connectivity index (χ0n) is 17.0. The van der Waals surface area contributed by atoms with Crippen molar-refractivity contribution in [1.29, 1.82) is 0 Å². The Bertz CT molecular complexity index is 1490. The summed E-state index contributed by atoms with van der Waals surface area (Å²) in [6.07, 6.45) is 5.26. The molecule has 0 spiro atoms. The van der Waals surface area contributed by atoms with Crippen molar-refractivity contribution in [2.45, 2.75) is 6.42 Å². The molecule has 0 aliphatic heterocycles. The van der Waals surface area contributed by atoms with Crippen LogP contribution in [0.25, 0.3) is 44.7 Å². The van der Waals surface area contributed by atoms with Gasteiger partial charge in [0.15, 0.2) is 0 Å². The molecule has 0 unspecified atom stereocenters. The Hall–Kier alpha value is -4.04. The third-order valence-electron chi connectivity index (χ3n) is 6.59. The van der Waals surface area contributed by atoms with E-state index in [1.54, 1.807) is 0 Å². The number of aromatic nitrogens is 2. The molecule has 1 aliphatic carbocycles. The van der Waals surface area contributed by atoms with Crippen molar-refractivity contribution in [2.75, 3.05) is 0 Å². The Morgan fingerprint density at radius 1 is 0.484 bits per heavy atom. The van der Waals surface area contributed by atoms with Gasteiger partial charge in [0, 0.05) is 23.4 Å². The largest absolute Gasteiger partial charge is 0.317 e. The number of pyridine rings is 2. The molecule has 0 radical (unpaired) electrons. The molecule has 7 rings (SSSR count). The van der Waals surface area contributed by atoms with Crippen LogP contribution in [0, 0.1) is 0 Å². The molecule has 0 atom stereocenters. The Labute approximate surface area is 180 Å². The average Bonchev–Trinajstić information content (AvgIpc) is 3.55. The van der Waals surface area contributed by atoms with Crippen LogP contribution in [-0.2, 0) is 6.42 Å². The van der Waals surface area contributed by atoms with E-state index in [2.05, 4.69) is 118 Å². The monoisotopic (exact) mass is 396 g/mol. The summed E-state index contributed by atoms with van der Waals surface area (Å²) in [6.45, 7) is 0. The highest BCUT2D eigenvalue weighted by molar-refractivity contribution is 5.82. The second-order valence-electron chi connectivity index (χ2n) is 8.35. The van der Waals surface area contributed by atoms with Gasteiger partial charge in [0.1, 0.15) is 0 Å². The van der Waals surface area contributed by atoms with Crippen molar-refractivity contribution in [2.24, 2.45) is 0 Å². The van der Waals surface area contributed by atoms with Gasteiger partial charge in [-0.2, -0.15) is 0 Å². The number of rotatable bonds is 2. The molecule has 2 nitrogen and oxygen atoms in total. The first-order valence-corrected chi connectivity index (χ1v) is 10.7. The molecule has 31 heavy (non-hydrogen) atoms. The van der Waals surface area contributed by atoms with Crippen molar-refractivity contribution in [3.8, 4) is 33.6 Å². The van der Waals surface area contributed by atoms with E-state index >= 15 is 0 Å². The van der Waals surface area contributed by atoms with Crippen LogP contribution in [0.15, 0.2) is 109 Å². The maximum Gasteiger partial charge on any atom is 0.0527 e. The molecule has 1 aliphatic rings. The Kier molecular flexibility index (Phi) is 3.36. The second kappa shape index (κ2) is 6.23. The fourth-order valence-electron chi connectivity index (χ4n) is 5.13. The standard InChI is InChI=1S/C29H20N2/c1-5-24-7-3-15-30(24)28(9-1)20-11-13-26-22(17-20)19-23-18-21(12-14-27(23)26)29-10-2-6-25-8-4-16-31(25)29/h1-18H,19H2. The molecule has 146 valence electrons. The van der Waals surface area contributed by atoms with Gasteiger partial charge in [-0.25, -0.2) is 0 Å². The van der Waals surface area contributed by atoms with Gasteiger partial charge >= 0.3 is 0 Å². The molecule has 4 aromatic heterocycles. The summed E-state index contributed by atoms with van der Waals surface area (Å²) in [5.74, 6) is 0. The first kappa shape index (κ1) is 16.7. The van der Waals surface area contributed by atoms with E-state index in [1.807, 2.05) is 0 Å². The van der Waals surface area contributed by atoms with Crippen LogP contribution in [0.1, 0.15) is 11.1 Å². The smallest absolute Gasteiger partial charge is 0.0527 e. The summed E-state index contributed by atoms with van der Waals surface area (Å²) in [7, 11) is 0. The van der Waals surface area contributed by atoms with E-state index < -0.39 is 0 Å². The summed E-state index contributed by atoms with van der Waals surface area (Å²) in [6, 6.07) is 35.4. The first-order valence-electron chi connectivity index (χ1n) is 10.7.